The van der Waals surface area contributed by atoms with Crippen LogP contribution in [-0.4, -0.2) is 25.6 Å². The van der Waals surface area contributed by atoms with Crippen molar-refractivity contribution in [3.63, 3.8) is 0 Å². The first-order valence-electron chi connectivity index (χ1n) is 4.80. The smallest absolute Gasteiger partial charge is 0.145 e. The molecule has 0 aromatic heterocycles. The van der Waals surface area contributed by atoms with Gasteiger partial charge in [0.25, 0.3) is 0 Å². The Morgan fingerprint density at radius 2 is 1.73 bits per heavy atom. The van der Waals surface area contributed by atoms with Gasteiger partial charge < -0.3 is 9.64 Å². The molecule has 1 rings (SSSR count). The number of ether oxygens (including phenoxy) is 1. The lowest BCUT2D eigenvalue weighted by molar-refractivity contribution is 0.334. The van der Waals surface area contributed by atoms with Crippen LogP contribution in [0, 0.1) is 7.14 Å². The molecule has 0 fully saturated rings. The van der Waals surface area contributed by atoms with E-state index in [4.69, 9.17) is 4.74 Å². The van der Waals surface area contributed by atoms with Gasteiger partial charge in [0.15, 0.2) is 0 Å². The molecule has 0 aliphatic rings. The van der Waals surface area contributed by atoms with Crippen LogP contribution < -0.4 is 4.74 Å². The van der Waals surface area contributed by atoms with Crippen LogP contribution in [0.3, 0.4) is 0 Å². The zero-order valence-corrected chi connectivity index (χ0v) is 13.5. The third-order valence-electron chi connectivity index (χ3n) is 1.85. The summed E-state index contributed by atoms with van der Waals surface area (Å²) in [5, 5.41) is 0. The second-order valence-corrected chi connectivity index (χ2v) is 5.88. The summed E-state index contributed by atoms with van der Waals surface area (Å²) in [6.45, 7) is 3.71. The molecule has 0 bridgehead atoms. The molecule has 0 unspecified atom stereocenters. The number of rotatable bonds is 4. The number of halogens is 2. The van der Waals surface area contributed by atoms with Crippen LogP contribution in [0.25, 0.3) is 0 Å². The van der Waals surface area contributed by atoms with Crippen LogP contribution in [0.5, 0.6) is 5.75 Å². The summed E-state index contributed by atoms with van der Waals surface area (Å²) < 4.78 is 7.98. The predicted octanol–water partition coefficient (Wildman–Crippen LogP) is 3.36. The van der Waals surface area contributed by atoms with Crippen molar-refractivity contribution in [2.24, 2.45) is 0 Å². The number of hydrogen-bond donors (Lipinski definition) is 0. The van der Waals surface area contributed by atoms with Crippen molar-refractivity contribution in [3.05, 3.63) is 24.8 Å². The van der Waals surface area contributed by atoms with Crippen LogP contribution in [0.2, 0.25) is 0 Å². The summed E-state index contributed by atoms with van der Waals surface area (Å²) in [6, 6.07) is 4.38. The maximum absolute atomic E-state index is 5.60. The predicted molar refractivity (Wildman–Crippen MR) is 80.4 cm³/mol. The highest BCUT2D eigenvalue weighted by Crippen LogP contribution is 2.29. The van der Waals surface area contributed by atoms with Crippen molar-refractivity contribution in [2.75, 3.05) is 20.7 Å². The molecule has 1 aromatic carbocycles. The summed E-state index contributed by atoms with van der Waals surface area (Å²) in [6.07, 6.45) is 0. The lowest BCUT2D eigenvalue weighted by Gasteiger charge is -2.13. The summed E-state index contributed by atoms with van der Waals surface area (Å²) in [7, 11) is 4.16. The molecule has 0 saturated heterocycles. The fraction of sp³-hybridized carbons (Fsp3) is 0.455. The SMILES string of the molecule is CCOc1c(I)cc(CN(C)C)cc1I. The average molecular weight is 431 g/mol. The maximum Gasteiger partial charge on any atom is 0.145 e. The molecular weight excluding hydrogens is 416 g/mol. The molecule has 2 nitrogen and oxygen atoms in total. The summed E-state index contributed by atoms with van der Waals surface area (Å²) >= 11 is 4.67. The van der Waals surface area contributed by atoms with Crippen molar-refractivity contribution in [3.8, 4) is 5.75 Å². The fourth-order valence-corrected chi connectivity index (χ4v) is 3.56. The van der Waals surface area contributed by atoms with E-state index in [0.717, 1.165) is 18.9 Å². The van der Waals surface area contributed by atoms with Gasteiger partial charge in [0.2, 0.25) is 0 Å². The highest BCUT2D eigenvalue weighted by Gasteiger charge is 2.08. The summed E-state index contributed by atoms with van der Waals surface area (Å²) in [5.41, 5.74) is 1.33. The average Bonchev–Trinajstić information content (AvgIpc) is 2.10. The van der Waals surface area contributed by atoms with E-state index in [1.54, 1.807) is 0 Å². The highest BCUT2D eigenvalue weighted by molar-refractivity contribution is 14.1. The normalized spacial score (nSPS) is 10.8. The quantitative estimate of drug-likeness (QED) is 0.679. The van der Waals surface area contributed by atoms with Gasteiger partial charge in [-0.15, -0.1) is 0 Å². The van der Waals surface area contributed by atoms with Gasteiger partial charge in [-0.25, -0.2) is 0 Å². The first kappa shape index (κ1) is 13.5. The molecule has 0 heterocycles. The van der Waals surface area contributed by atoms with Crippen molar-refractivity contribution >= 4 is 45.2 Å². The molecule has 0 radical (unpaired) electrons. The molecule has 0 amide bonds. The number of hydrogen-bond acceptors (Lipinski definition) is 2. The Morgan fingerprint density at radius 3 is 2.13 bits per heavy atom. The fourth-order valence-electron chi connectivity index (χ4n) is 1.35. The third-order valence-corrected chi connectivity index (χ3v) is 3.45. The summed E-state index contributed by atoms with van der Waals surface area (Å²) in [5.74, 6) is 1.02. The Balaban J connectivity index is 2.97. The maximum atomic E-state index is 5.60. The molecular formula is C11H15I2NO. The molecule has 0 N–H and O–H groups in total. The minimum absolute atomic E-state index is 0.721. The van der Waals surface area contributed by atoms with E-state index in [9.17, 15) is 0 Å². The Labute approximate surface area is 119 Å². The molecule has 0 aliphatic carbocycles. The Kier molecular flexibility index (Phi) is 5.62. The molecule has 1 aromatic rings. The van der Waals surface area contributed by atoms with Crippen LogP contribution >= 0.6 is 45.2 Å². The molecule has 0 saturated carbocycles. The van der Waals surface area contributed by atoms with Crippen LogP contribution in [0.15, 0.2) is 12.1 Å². The second-order valence-electron chi connectivity index (χ2n) is 3.56. The van der Waals surface area contributed by atoms with E-state index in [2.05, 4.69) is 76.3 Å². The lowest BCUT2D eigenvalue weighted by atomic mass is 10.2. The minimum atomic E-state index is 0.721. The summed E-state index contributed by atoms with van der Waals surface area (Å²) in [4.78, 5) is 2.17. The number of benzene rings is 1. The van der Waals surface area contributed by atoms with Crippen LogP contribution in [-0.2, 0) is 6.54 Å². The molecule has 0 aliphatic heterocycles. The van der Waals surface area contributed by atoms with E-state index in [-0.39, 0.29) is 0 Å². The van der Waals surface area contributed by atoms with Crippen molar-refractivity contribution in [1.29, 1.82) is 0 Å². The third kappa shape index (κ3) is 4.07. The van der Waals surface area contributed by atoms with Gasteiger partial charge in [0.05, 0.1) is 13.7 Å². The van der Waals surface area contributed by atoms with Gasteiger partial charge in [0, 0.05) is 6.54 Å². The second kappa shape index (κ2) is 6.24. The van der Waals surface area contributed by atoms with Crippen molar-refractivity contribution in [2.45, 2.75) is 13.5 Å². The monoisotopic (exact) mass is 431 g/mol. The van der Waals surface area contributed by atoms with E-state index < -0.39 is 0 Å². The van der Waals surface area contributed by atoms with E-state index in [1.807, 2.05) is 6.92 Å². The van der Waals surface area contributed by atoms with E-state index in [1.165, 1.54) is 12.7 Å². The van der Waals surface area contributed by atoms with Gasteiger partial charge in [-0.05, 0) is 83.9 Å². The molecule has 0 spiro atoms. The first-order valence-corrected chi connectivity index (χ1v) is 6.95. The van der Waals surface area contributed by atoms with Gasteiger partial charge in [-0.3, -0.25) is 0 Å². The largest absolute Gasteiger partial charge is 0.492 e. The van der Waals surface area contributed by atoms with Gasteiger partial charge in [-0.1, -0.05) is 0 Å². The lowest BCUT2D eigenvalue weighted by Crippen LogP contribution is -2.11. The molecule has 4 heteroatoms. The van der Waals surface area contributed by atoms with Crippen LogP contribution in [0.4, 0.5) is 0 Å². The van der Waals surface area contributed by atoms with Gasteiger partial charge in [0.1, 0.15) is 5.75 Å². The topological polar surface area (TPSA) is 12.5 Å². The zero-order valence-electron chi connectivity index (χ0n) is 9.18. The number of nitrogens with zero attached hydrogens (tertiary/aromatic N) is 1. The molecule has 15 heavy (non-hydrogen) atoms. The molecule has 84 valence electrons. The Hall–Kier alpha value is 0.440. The Morgan fingerprint density at radius 1 is 1.20 bits per heavy atom. The minimum Gasteiger partial charge on any atom is -0.492 e. The highest BCUT2D eigenvalue weighted by atomic mass is 127. The van der Waals surface area contributed by atoms with Crippen molar-refractivity contribution in [1.82, 2.24) is 4.90 Å². The van der Waals surface area contributed by atoms with Crippen LogP contribution in [0.1, 0.15) is 12.5 Å². The van der Waals surface area contributed by atoms with E-state index in [0.29, 0.717) is 0 Å². The molecule has 0 atom stereocenters. The van der Waals surface area contributed by atoms with Gasteiger partial charge in [-0.2, -0.15) is 0 Å². The standard InChI is InChI=1S/C11H15I2NO/c1-4-15-11-9(12)5-8(6-10(11)13)7-14(2)3/h5-6H,4,7H2,1-3H3. The van der Waals surface area contributed by atoms with Crippen molar-refractivity contribution < 1.29 is 4.74 Å². The Bertz CT molecular complexity index is 316. The zero-order chi connectivity index (χ0) is 11.4. The van der Waals surface area contributed by atoms with E-state index >= 15 is 0 Å². The van der Waals surface area contributed by atoms with Gasteiger partial charge >= 0.3 is 0 Å². The first-order chi connectivity index (χ1) is 7.04.